The largest absolute Gasteiger partial charge is 0.353 e. The molecule has 0 saturated heterocycles. The maximum Gasteiger partial charge on any atom is 0.289 e. The first-order valence-electron chi connectivity index (χ1n) is 10.1. The molecule has 0 atom stereocenters. The number of para-hydroxylation sites is 1. The number of nitrogens with one attached hydrogen (secondary N) is 2. The Kier molecular flexibility index (Phi) is 5.08. The summed E-state index contributed by atoms with van der Waals surface area (Å²) in [5.41, 5.74) is 6.70. The number of hydrazone groups is 1. The van der Waals surface area contributed by atoms with Crippen LogP contribution in [0.25, 0.3) is 33.1 Å². The fourth-order valence-corrected chi connectivity index (χ4v) is 3.67. The lowest BCUT2D eigenvalue weighted by Gasteiger charge is -2.07. The molecule has 2 N–H and O–H groups in total. The van der Waals surface area contributed by atoms with Crippen LogP contribution in [-0.4, -0.2) is 27.0 Å². The van der Waals surface area contributed by atoms with Crippen molar-refractivity contribution < 1.29 is 9.72 Å². The summed E-state index contributed by atoms with van der Waals surface area (Å²) in [6.45, 7) is 0. The number of non-ortho nitro benzene ring substituents is 1. The predicted molar refractivity (Wildman–Crippen MR) is 127 cm³/mol. The number of rotatable bonds is 5. The van der Waals surface area contributed by atoms with Gasteiger partial charge in [-0.3, -0.25) is 14.9 Å². The maximum atomic E-state index is 12.9. The molecule has 5 aromatic rings. The van der Waals surface area contributed by atoms with Gasteiger partial charge in [-0.15, -0.1) is 0 Å². The Bertz CT molecular complexity index is 1520. The molecule has 0 saturated carbocycles. The van der Waals surface area contributed by atoms with E-state index in [1.807, 2.05) is 54.6 Å². The average Bonchev–Trinajstić information content (AvgIpc) is 3.23. The molecule has 0 spiro atoms. The van der Waals surface area contributed by atoms with Crippen LogP contribution in [0.15, 0.2) is 90.0 Å². The summed E-state index contributed by atoms with van der Waals surface area (Å²) in [6, 6.07) is 25.2. The van der Waals surface area contributed by atoms with Crippen LogP contribution in [0, 0.1) is 10.1 Å². The number of hydrogen-bond donors (Lipinski definition) is 2. The molecule has 1 amide bonds. The first kappa shape index (κ1) is 20.1. The number of nitrogens with zero attached hydrogens (tertiary/aromatic N) is 3. The highest BCUT2D eigenvalue weighted by molar-refractivity contribution is 6.13. The van der Waals surface area contributed by atoms with E-state index in [4.69, 9.17) is 0 Å². The zero-order valence-electron chi connectivity index (χ0n) is 17.2. The van der Waals surface area contributed by atoms with E-state index in [2.05, 4.69) is 20.5 Å². The molecule has 8 heteroatoms. The third-order valence-corrected chi connectivity index (χ3v) is 5.26. The monoisotopic (exact) mass is 435 g/mol. The Hall–Kier alpha value is -4.85. The Labute approximate surface area is 187 Å². The van der Waals surface area contributed by atoms with Gasteiger partial charge in [0.2, 0.25) is 0 Å². The van der Waals surface area contributed by atoms with Crippen molar-refractivity contribution in [3.8, 4) is 11.3 Å². The summed E-state index contributed by atoms with van der Waals surface area (Å²) in [4.78, 5) is 31.2. The Balaban J connectivity index is 1.50. The van der Waals surface area contributed by atoms with E-state index in [0.717, 1.165) is 27.4 Å². The molecule has 0 radical (unpaired) electrons. The Morgan fingerprint density at radius 1 is 0.970 bits per heavy atom. The standard InChI is InChI=1S/C25H17N5O3/c31-25(29-26-15-16-10-12-18(13-11-16)30(32)33)22-14-20-19-8-4-5-9-21(19)27-24(20)23(28-22)17-6-2-1-3-7-17/h1-15,27H,(H,29,31). The lowest BCUT2D eigenvalue weighted by molar-refractivity contribution is -0.384. The highest BCUT2D eigenvalue weighted by Gasteiger charge is 2.16. The predicted octanol–water partition coefficient (Wildman–Crippen LogP) is 5.06. The molecule has 0 aliphatic heterocycles. The number of fused-ring (bicyclic) bond motifs is 3. The van der Waals surface area contributed by atoms with Crippen LogP contribution in [-0.2, 0) is 0 Å². The number of aromatic amines is 1. The number of aromatic nitrogens is 2. The molecular formula is C25H17N5O3. The minimum Gasteiger partial charge on any atom is -0.353 e. The van der Waals surface area contributed by atoms with Gasteiger partial charge in [-0.1, -0.05) is 48.5 Å². The number of pyridine rings is 1. The van der Waals surface area contributed by atoms with Crippen molar-refractivity contribution in [3.63, 3.8) is 0 Å². The van der Waals surface area contributed by atoms with Gasteiger partial charge in [-0.05, 0) is 29.8 Å². The minimum atomic E-state index is -0.473. The molecule has 2 aromatic heterocycles. The second kappa shape index (κ2) is 8.35. The molecule has 0 aliphatic rings. The molecule has 0 aliphatic carbocycles. The molecule has 5 rings (SSSR count). The van der Waals surface area contributed by atoms with Crippen LogP contribution >= 0.6 is 0 Å². The van der Waals surface area contributed by atoms with Crippen LogP contribution in [0.2, 0.25) is 0 Å². The van der Waals surface area contributed by atoms with Crippen LogP contribution in [0.5, 0.6) is 0 Å². The third-order valence-electron chi connectivity index (χ3n) is 5.26. The number of carbonyl (C=O) groups is 1. The number of benzene rings is 3. The highest BCUT2D eigenvalue weighted by atomic mass is 16.6. The zero-order valence-corrected chi connectivity index (χ0v) is 17.2. The van der Waals surface area contributed by atoms with Gasteiger partial charge in [0, 0.05) is 34.0 Å². The lowest BCUT2D eigenvalue weighted by Crippen LogP contribution is -2.19. The number of hydrogen-bond acceptors (Lipinski definition) is 5. The van der Waals surface area contributed by atoms with Crippen molar-refractivity contribution in [2.75, 3.05) is 0 Å². The van der Waals surface area contributed by atoms with E-state index < -0.39 is 10.8 Å². The topological polar surface area (TPSA) is 113 Å². The number of nitro groups is 1. The number of carbonyl (C=O) groups excluding carboxylic acids is 1. The molecule has 0 unspecified atom stereocenters. The molecule has 0 fully saturated rings. The maximum absolute atomic E-state index is 12.9. The van der Waals surface area contributed by atoms with E-state index in [1.54, 1.807) is 18.2 Å². The normalized spacial score (nSPS) is 11.3. The molecule has 8 nitrogen and oxygen atoms in total. The summed E-state index contributed by atoms with van der Waals surface area (Å²) in [7, 11) is 0. The van der Waals surface area contributed by atoms with Crippen molar-refractivity contribution in [2.45, 2.75) is 0 Å². The molecule has 3 aromatic carbocycles. The van der Waals surface area contributed by atoms with Crippen LogP contribution in [0.1, 0.15) is 16.1 Å². The van der Waals surface area contributed by atoms with E-state index in [-0.39, 0.29) is 11.4 Å². The second-order valence-corrected chi connectivity index (χ2v) is 7.36. The van der Waals surface area contributed by atoms with Gasteiger partial charge in [0.25, 0.3) is 11.6 Å². The van der Waals surface area contributed by atoms with Gasteiger partial charge >= 0.3 is 0 Å². The fraction of sp³-hybridized carbons (Fsp3) is 0. The van der Waals surface area contributed by atoms with E-state index in [9.17, 15) is 14.9 Å². The highest BCUT2D eigenvalue weighted by Crippen LogP contribution is 2.32. The summed E-state index contributed by atoms with van der Waals surface area (Å²) in [5.74, 6) is -0.461. The average molecular weight is 435 g/mol. The van der Waals surface area contributed by atoms with Crippen molar-refractivity contribution in [1.29, 1.82) is 0 Å². The minimum absolute atomic E-state index is 0.0131. The Morgan fingerprint density at radius 2 is 1.70 bits per heavy atom. The van der Waals surface area contributed by atoms with E-state index in [0.29, 0.717) is 11.3 Å². The van der Waals surface area contributed by atoms with Crippen molar-refractivity contribution in [3.05, 3.63) is 106 Å². The van der Waals surface area contributed by atoms with Gasteiger partial charge in [0.05, 0.1) is 22.3 Å². The summed E-state index contributed by atoms with van der Waals surface area (Å²) in [6.07, 6.45) is 1.42. The molecule has 33 heavy (non-hydrogen) atoms. The first-order valence-corrected chi connectivity index (χ1v) is 10.1. The summed E-state index contributed by atoms with van der Waals surface area (Å²) in [5, 5.41) is 16.6. The first-order chi connectivity index (χ1) is 16.1. The van der Waals surface area contributed by atoms with Gasteiger partial charge in [-0.25, -0.2) is 10.4 Å². The van der Waals surface area contributed by atoms with Gasteiger partial charge in [0.15, 0.2) is 0 Å². The van der Waals surface area contributed by atoms with Crippen LogP contribution < -0.4 is 5.43 Å². The van der Waals surface area contributed by atoms with Crippen molar-refractivity contribution in [2.24, 2.45) is 5.10 Å². The summed E-state index contributed by atoms with van der Waals surface area (Å²) >= 11 is 0. The van der Waals surface area contributed by atoms with Crippen LogP contribution in [0.4, 0.5) is 5.69 Å². The fourth-order valence-electron chi connectivity index (χ4n) is 3.67. The van der Waals surface area contributed by atoms with Gasteiger partial charge in [0.1, 0.15) is 5.69 Å². The smallest absolute Gasteiger partial charge is 0.289 e. The lowest BCUT2D eigenvalue weighted by atomic mass is 10.1. The number of nitro benzene ring substituents is 1. The number of H-pyrrole nitrogens is 1. The molecule has 2 heterocycles. The quantitative estimate of drug-likeness (QED) is 0.228. The molecular weight excluding hydrogens is 418 g/mol. The van der Waals surface area contributed by atoms with Gasteiger partial charge in [-0.2, -0.15) is 5.10 Å². The number of amides is 1. The zero-order chi connectivity index (χ0) is 22.8. The van der Waals surface area contributed by atoms with Crippen LogP contribution in [0.3, 0.4) is 0 Å². The van der Waals surface area contributed by atoms with E-state index >= 15 is 0 Å². The van der Waals surface area contributed by atoms with Gasteiger partial charge < -0.3 is 4.98 Å². The Morgan fingerprint density at radius 3 is 2.45 bits per heavy atom. The van der Waals surface area contributed by atoms with Crippen molar-refractivity contribution >= 4 is 39.6 Å². The molecule has 160 valence electrons. The second-order valence-electron chi connectivity index (χ2n) is 7.36. The van der Waals surface area contributed by atoms with Crippen molar-refractivity contribution in [1.82, 2.24) is 15.4 Å². The third kappa shape index (κ3) is 3.92. The SMILES string of the molecule is O=C(NN=Cc1ccc([N+](=O)[O-])cc1)c1cc2c([nH]c3ccccc32)c(-c2ccccc2)n1. The summed E-state index contributed by atoms with van der Waals surface area (Å²) < 4.78 is 0. The molecule has 0 bridgehead atoms. The van der Waals surface area contributed by atoms with E-state index in [1.165, 1.54) is 18.3 Å².